The van der Waals surface area contributed by atoms with Gasteiger partial charge in [0.15, 0.2) is 0 Å². The Labute approximate surface area is 213 Å². The summed E-state index contributed by atoms with van der Waals surface area (Å²) >= 11 is 2.45. The molecule has 0 aromatic heterocycles. The first-order chi connectivity index (χ1) is 14.2. The van der Waals surface area contributed by atoms with Gasteiger partial charge >= 0.3 is 64.7 Å². The van der Waals surface area contributed by atoms with Crippen molar-refractivity contribution in [2.45, 2.75) is 63.8 Å². The van der Waals surface area contributed by atoms with Crippen LogP contribution in [-0.4, -0.2) is 7.39 Å². The van der Waals surface area contributed by atoms with Crippen LogP contribution >= 0.6 is 0 Å². The minimum absolute atomic E-state index is 0. The summed E-state index contributed by atoms with van der Waals surface area (Å²) in [5.41, 5.74) is 8.50. The number of hydrogen-bond acceptors (Lipinski definition) is 0. The van der Waals surface area contributed by atoms with Gasteiger partial charge in [-0.05, 0) is 59.2 Å². The Morgan fingerprint density at radius 3 is 2.23 bits per heavy atom. The van der Waals surface area contributed by atoms with Crippen LogP contribution in [0.5, 0.6) is 0 Å². The molecule has 0 nitrogen and oxygen atoms in total. The second kappa shape index (κ2) is 15.2. The molecule has 0 N–H and O–H groups in total. The van der Waals surface area contributed by atoms with Crippen molar-refractivity contribution in [1.82, 2.24) is 0 Å². The molecule has 0 bridgehead atoms. The van der Waals surface area contributed by atoms with Gasteiger partial charge in [-0.3, -0.25) is 0 Å². The van der Waals surface area contributed by atoms with Crippen molar-refractivity contribution in [1.29, 1.82) is 0 Å². The predicted octanol–water partition coefficient (Wildman–Crippen LogP) is 0.997. The van der Waals surface area contributed by atoms with E-state index in [4.69, 9.17) is 0 Å². The predicted molar refractivity (Wildman–Crippen MR) is 122 cm³/mol. The second-order valence-corrected chi connectivity index (χ2v) is 11.6. The van der Waals surface area contributed by atoms with Crippen LogP contribution < -0.4 is 24.8 Å². The van der Waals surface area contributed by atoms with E-state index in [-0.39, 0.29) is 30.6 Å². The Hall–Kier alpha value is -0.639. The molecule has 2 aromatic rings. The SMILES string of the molecule is CCc1ccc2c(c1)-c1ccccc1C2.FC1=CCC=C1.[Cl-].[Cl-].[Ti+2][SiH2]C1CCCCC1. The van der Waals surface area contributed by atoms with Crippen LogP contribution in [0.1, 0.15) is 62.1 Å². The summed E-state index contributed by atoms with van der Waals surface area (Å²) in [6.07, 6.45) is 15.5. The van der Waals surface area contributed by atoms with E-state index in [1.165, 1.54) is 58.7 Å². The number of fused-ring (bicyclic) bond motifs is 3. The van der Waals surface area contributed by atoms with Crippen LogP contribution in [0.15, 0.2) is 66.5 Å². The van der Waals surface area contributed by atoms with E-state index in [0.29, 0.717) is 7.39 Å². The molecule has 31 heavy (non-hydrogen) atoms. The van der Waals surface area contributed by atoms with Crippen LogP contribution in [0.4, 0.5) is 4.39 Å². The van der Waals surface area contributed by atoms with Crippen molar-refractivity contribution < 1.29 is 48.9 Å². The Morgan fingerprint density at radius 2 is 1.68 bits per heavy atom. The van der Waals surface area contributed by atoms with E-state index in [0.717, 1.165) is 19.3 Å². The van der Waals surface area contributed by atoms with Gasteiger partial charge in [0.1, 0.15) is 5.83 Å². The average molecular weight is 510 g/mol. The number of hydrogen-bond donors (Lipinski definition) is 0. The van der Waals surface area contributed by atoms with Gasteiger partial charge in [0, 0.05) is 0 Å². The van der Waals surface area contributed by atoms with Crippen LogP contribution in [0.3, 0.4) is 0 Å². The molecule has 0 aliphatic heterocycles. The van der Waals surface area contributed by atoms with Gasteiger partial charge in [-0.25, -0.2) is 4.39 Å². The molecule has 5 heteroatoms. The normalized spacial score (nSPS) is 16.1. The van der Waals surface area contributed by atoms with Gasteiger partial charge in [0.2, 0.25) is 0 Å². The van der Waals surface area contributed by atoms with Crippen LogP contribution in [0.25, 0.3) is 11.1 Å². The summed E-state index contributed by atoms with van der Waals surface area (Å²) in [6.45, 7) is 2.21. The first-order valence-corrected chi connectivity index (χ1v) is 15.9. The standard InChI is InChI=1S/C15H14.C6H13Si.C5H5F.2ClH.Ti/c1-2-11-7-8-13-10-12-5-3-4-6-14(12)15(13)9-11;7-6-4-2-1-3-5-6;6-5-3-1-2-4-5;;;/h3-9H,2,10H2,1H3;6H,1-5,7H2;1,3-4H,2H2;2*1H;/q;;;;;+2/p-2. The van der Waals surface area contributed by atoms with Gasteiger partial charge in [-0.1, -0.05) is 55.5 Å². The minimum atomic E-state index is -0.102. The first-order valence-electron chi connectivity index (χ1n) is 11.1. The summed E-state index contributed by atoms with van der Waals surface area (Å²) in [6, 6.07) is 15.6. The summed E-state index contributed by atoms with van der Waals surface area (Å²) in [5, 5.41) is 0. The second-order valence-electron chi connectivity index (χ2n) is 8.11. The third-order valence-electron chi connectivity index (χ3n) is 6.01. The quantitative estimate of drug-likeness (QED) is 0.452. The molecule has 2 aromatic carbocycles. The molecule has 0 amide bonds. The molecule has 0 atom stereocenters. The van der Waals surface area contributed by atoms with Crippen molar-refractivity contribution in [3.63, 3.8) is 0 Å². The molecule has 0 radical (unpaired) electrons. The maximum absolute atomic E-state index is 11.7. The summed E-state index contributed by atoms with van der Waals surface area (Å²) in [7, 11) is 0.368. The topological polar surface area (TPSA) is 0 Å². The summed E-state index contributed by atoms with van der Waals surface area (Å²) < 4.78 is 11.7. The van der Waals surface area contributed by atoms with Gasteiger partial charge in [-0.15, -0.1) is 0 Å². The van der Waals surface area contributed by atoms with E-state index >= 15 is 0 Å². The molecular formula is C26H32Cl2FSiTi. The summed E-state index contributed by atoms with van der Waals surface area (Å²) in [5.74, 6) is -0.102. The summed E-state index contributed by atoms with van der Waals surface area (Å²) in [4.78, 5) is 0. The van der Waals surface area contributed by atoms with E-state index < -0.39 is 0 Å². The average Bonchev–Trinajstić information content (AvgIpc) is 3.41. The number of benzene rings is 2. The molecule has 1 saturated carbocycles. The molecule has 0 heterocycles. The van der Waals surface area contributed by atoms with Crippen molar-refractivity contribution >= 4 is 7.39 Å². The Morgan fingerprint density at radius 1 is 0.968 bits per heavy atom. The molecule has 1 fully saturated rings. The fraction of sp³-hybridized carbons (Fsp3) is 0.385. The van der Waals surface area contributed by atoms with Crippen LogP contribution in [-0.2, 0) is 32.5 Å². The van der Waals surface area contributed by atoms with Gasteiger partial charge in [0.25, 0.3) is 0 Å². The molecular weight excluding hydrogens is 478 g/mol. The third kappa shape index (κ3) is 8.67. The Bertz CT molecular complexity index is 857. The Kier molecular flexibility index (Phi) is 14.0. The zero-order valence-electron chi connectivity index (χ0n) is 18.3. The molecule has 3 aliphatic rings. The van der Waals surface area contributed by atoms with E-state index in [1.807, 2.05) is 0 Å². The zero-order chi connectivity index (χ0) is 20.5. The third-order valence-corrected chi connectivity index (χ3v) is 10.1. The molecule has 0 saturated heterocycles. The number of aryl methyl sites for hydroxylation is 1. The van der Waals surface area contributed by atoms with Gasteiger partial charge < -0.3 is 24.8 Å². The van der Waals surface area contributed by atoms with Crippen LogP contribution in [0, 0.1) is 0 Å². The first kappa shape index (κ1) is 28.4. The van der Waals surface area contributed by atoms with Gasteiger partial charge in [-0.2, -0.15) is 0 Å². The molecule has 165 valence electrons. The number of allylic oxidation sites excluding steroid dienone is 4. The molecule has 5 rings (SSSR count). The van der Waals surface area contributed by atoms with E-state index in [9.17, 15) is 4.39 Å². The zero-order valence-corrected chi connectivity index (χ0v) is 22.8. The van der Waals surface area contributed by atoms with E-state index in [2.05, 4.69) is 69.1 Å². The number of rotatable bonds is 2. The molecule has 3 aliphatic carbocycles. The molecule has 0 spiro atoms. The van der Waals surface area contributed by atoms with Crippen molar-refractivity contribution in [2.75, 3.05) is 0 Å². The van der Waals surface area contributed by atoms with Gasteiger partial charge in [0.05, 0.1) is 0 Å². The monoisotopic (exact) mass is 509 g/mol. The molecule has 0 unspecified atom stereocenters. The fourth-order valence-electron chi connectivity index (χ4n) is 4.21. The van der Waals surface area contributed by atoms with E-state index in [1.54, 1.807) is 25.0 Å². The number of halogens is 3. The maximum atomic E-state index is 11.7. The van der Waals surface area contributed by atoms with Crippen molar-refractivity contribution in [3.8, 4) is 11.1 Å². The van der Waals surface area contributed by atoms with Crippen molar-refractivity contribution in [2.24, 2.45) is 0 Å². The van der Waals surface area contributed by atoms with Crippen molar-refractivity contribution in [3.05, 3.63) is 83.2 Å². The Balaban J connectivity index is 0.000000256. The fourth-order valence-corrected chi connectivity index (χ4v) is 7.11. The van der Waals surface area contributed by atoms with Crippen LogP contribution in [0.2, 0.25) is 5.54 Å².